The minimum atomic E-state index is -0.0396. The molecule has 4 nitrogen and oxygen atoms in total. The standard InChI is InChI=1S/C16H18ClN3OS/c1-10-9-11(2)19-16(18-10)22-8-7-15(21)20-14-6-4-5-13(17)12(14)3/h4-6,9H,7-8H2,1-3H3,(H,20,21). The van der Waals surface area contributed by atoms with Gasteiger partial charge in [-0.05, 0) is 44.5 Å². The largest absolute Gasteiger partial charge is 0.326 e. The topological polar surface area (TPSA) is 54.9 Å². The first-order valence-corrected chi connectivity index (χ1v) is 8.32. The van der Waals surface area contributed by atoms with Gasteiger partial charge < -0.3 is 5.32 Å². The van der Waals surface area contributed by atoms with Crippen LogP contribution in [-0.4, -0.2) is 21.6 Å². The summed E-state index contributed by atoms with van der Waals surface area (Å²) < 4.78 is 0. The Kier molecular flexibility index (Phi) is 5.80. The molecule has 0 saturated carbocycles. The van der Waals surface area contributed by atoms with Crippen LogP contribution in [0.5, 0.6) is 0 Å². The molecule has 1 heterocycles. The first kappa shape index (κ1) is 16.8. The summed E-state index contributed by atoms with van der Waals surface area (Å²) in [6, 6.07) is 7.40. The van der Waals surface area contributed by atoms with E-state index in [4.69, 9.17) is 11.6 Å². The Hall–Kier alpha value is -1.59. The number of aromatic nitrogens is 2. The van der Waals surface area contributed by atoms with Crippen LogP contribution < -0.4 is 5.32 Å². The molecule has 2 rings (SSSR count). The van der Waals surface area contributed by atoms with Crippen molar-refractivity contribution < 1.29 is 4.79 Å². The lowest BCUT2D eigenvalue weighted by Gasteiger charge is -2.09. The molecule has 6 heteroatoms. The summed E-state index contributed by atoms with van der Waals surface area (Å²) >= 11 is 7.53. The first-order valence-electron chi connectivity index (χ1n) is 6.96. The van der Waals surface area contributed by atoms with Crippen LogP contribution in [0.25, 0.3) is 0 Å². The highest BCUT2D eigenvalue weighted by molar-refractivity contribution is 7.99. The molecule has 0 aliphatic heterocycles. The van der Waals surface area contributed by atoms with Crippen LogP contribution in [0.1, 0.15) is 23.4 Å². The normalized spacial score (nSPS) is 10.5. The maximum absolute atomic E-state index is 12.0. The second kappa shape index (κ2) is 7.61. The third-order valence-electron chi connectivity index (χ3n) is 3.06. The van der Waals surface area contributed by atoms with Crippen molar-refractivity contribution in [1.29, 1.82) is 0 Å². The zero-order valence-electron chi connectivity index (χ0n) is 12.8. The van der Waals surface area contributed by atoms with Crippen LogP contribution in [0, 0.1) is 20.8 Å². The van der Waals surface area contributed by atoms with E-state index < -0.39 is 0 Å². The predicted molar refractivity (Wildman–Crippen MR) is 91.7 cm³/mol. The van der Waals surface area contributed by atoms with E-state index >= 15 is 0 Å². The Labute approximate surface area is 139 Å². The van der Waals surface area contributed by atoms with Gasteiger partial charge in [0.2, 0.25) is 5.91 Å². The SMILES string of the molecule is Cc1cc(C)nc(SCCC(=O)Nc2cccc(Cl)c2C)n1. The van der Waals surface area contributed by atoms with E-state index in [0.29, 0.717) is 22.4 Å². The van der Waals surface area contributed by atoms with Crippen LogP contribution in [0.3, 0.4) is 0 Å². The lowest BCUT2D eigenvalue weighted by atomic mass is 10.2. The number of thioether (sulfide) groups is 1. The van der Waals surface area contributed by atoms with Crippen molar-refractivity contribution in [3.05, 3.63) is 46.2 Å². The van der Waals surface area contributed by atoms with Crippen molar-refractivity contribution in [2.45, 2.75) is 32.3 Å². The van der Waals surface area contributed by atoms with E-state index in [2.05, 4.69) is 15.3 Å². The number of benzene rings is 1. The third kappa shape index (κ3) is 4.71. The summed E-state index contributed by atoms with van der Waals surface area (Å²) in [4.78, 5) is 20.7. The number of halogens is 1. The Morgan fingerprint density at radius 2 is 1.91 bits per heavy atom. The van der Waals surface area contributed by atoms with Crippen LogP contribution in [0.15, 0.2) is 29.4 Å². The Morgan fingerprint density at radius 3 is 2.59 bits per heavy atom. The molecule has 0 atom stereocenters. The highest BCUT2D eigenvalue weighted by Crippen LogP contribution is 2.23. The number of hydrogen-bond acceptors (Lipinski definition) is 4. The summed E-state index contributed by atoms with van der Waals surface area (Å²) in [6.45, 7) is 5.76. The summed E-state index contributed by atoms with van der Waals surface area (Å²) in [5.41, 5.74) is 3.51. The predicted octanol–water partition coefficient (Wildman–Crippen LogP) is 4.18. The van der Waals surface area contributed by atoms with Gasteiger partial charge in [-0.25, -0.2) is 9.97 Å². The number of carbonyl (C=O) groups is 1. The van der Waals surface area contributed by atoms with E-state index in [0.717, 1.165) is 22.6 Å². The molecule has 0 bridgehead atoms. The Morgan fingerprint density at radius 1 is 1.23 bits per heavy atom. The zero-order chi connectivity index (χ0) is 16.1. The lowest BCUT2D eigenvalue weighted by molar-refractivity contribution is -0.115. The molecule has 0 spiro atoms. The maximum atomic E-state index is 12.0. The molecule has 2 aromatic rings. The summed E-state index contributed by atoms with van der Waals surface area (Å²) in [5, 5.41) is 4.24. The number of nitrogens with zero attached hydrogens (tertiary/aromatic N) is 2. The number of aryl methyl sites for hydroxylation is 2. The average Bonchev–Trinajstić information content (AvgIpc) is 2.43. The van der Waals surface area contributed by atoms with Crippen molar-refractivity contribution in [3.8, 4) is 0 Å². The second-order valence-electron chi connectivity index (χ2n) is 4.99. The Bertz CT molecular complexity index is 671. The molecule has 0 fully saturated rings. The van der Waals surface area contributed by atoms with E-state index in [-0.39, 0.29) is 5.91 Å². The van der Waals surface area contributed by atoms with Crippen LogP contribution in [0.2, 0.25) is 5.02 Å². The number of anilines is 1. The monoisotopic (exact) mass is 335 g/mol. The van der Waals surface area contributed by atoms with Gasteiger partial charge in [-0.2, -0.15) is 0 Å². The maximum Gasteiger partial charge on any atom is 0.225 e. The van der Waals surface area contributed by atoms with Crippen molar-refractivity contribution in [2.75, 3.05) is 11.1 Å². The molecule has 116 valence electrons. The van der Waals surface area contributed by atoms with Crippen LogP contribution >= 0.6 is 23.4 Å². The molecule has 1 amide bonds. The summed E-state index contributed by atoms with van der Waals surface area (Å²) in [5.74, 6) is 0.594. The first-order chi connectivity index (χ1) is 10.5. The van der Waals surface area contributed by atoms with Gasteiger partial charge >= 0.3 is 0 Å². The summed E-state index contributed by atoms with van der Waals surface area (Å²) in [6.07, 6.45) is 0.396. The fraction of sp³-hybridized carbons (Fsp3) is 0.312. The molecular weight excluding hydrogens is 318 g/mol. The number of hydrogen-bond donors (Lipinski definition) is 1. The van der Waals surface area contributed by atoms with E-state index in [1.54, 1.807) is 6.07 Å². The van der Waals surface area contributed by atoms with E-state index in [9.17, 15) is 4.79 Å². The van der Waals surface area contributed by atoms with Crippen molar-refractivity contribution in [3.63, 3.8) is 0 Å². The number of carbonyl (C=O) groups excluding carboxylic acids is 1. The van der Waals surface area contributed by atoms with Gasteiger partial charge in [0.1, 0.15) is 0 Å². The fourth-order valence-electron chi connectivity index (χ4n) is 1.95. The molecule has 0 unspecified atom stereocenters. The van der Waals surface area contributed by atoms with Gasteiger partial charge in [0.15, 0.2) is 5.16 Å². The van der Waals surface area contributed by atoms with Gasteiger partial charge in [-0.15, -0.1) is 0 Å². The highest BCUT2D eigenvalue weighted by Gasteiger charge is 2.08. The van der Waals surface area contributed by atoms with Crippen molar-refractivity contribution in [1.82, 2.24) is 9.97 Å². The molecule has 0 radical (unpaired) electrons. The van der Waals surface area contributed by atoms with Gasteiger partial charge in [-0.3, -0.25) is 4.79 Å². The van der Waals surface area contributed by atoms with Gasteiger partial charge in [0.05, 0.1) is 0 Å². The van der Waals surface area contributed by atoms with Crippen molar-refractivity contribution >= 4 is 35.0 Å². The van der Waals surface area contributed by atoms with Gasteiger partial charge in [0.25, 0.3) is 0 Å². The molecule has 0 saturated heterocycles. The number of nitrogens with one attached hydrogen (secondary N) is 1. The van der Waals surface area contributed by atoms with Crippen molar-refractivity contribution in [2.24, 2.45) is 0 Å². The van der Waals surface area contributed by atoms with Gasteiger partial charge in [0, 0.05) is 34.3 Å². The number of amides is 1. The quantitative estimate of drug-likeness (QED) is 0.658. The zero-order valence-corrected chi connectivity index (χ0v) is 14.4. The smallest absolute Gasteiger partial charge is 0.225 e. The molecule has 22 heavy (non-hydrogen) atoms. The minimum absolute atomic E-state index is 0.0396. The summed E-state index contributed by atoms with van der Waals surface area (Å²) in [7, 11) is 0. The fourth-order valence-corrected chi connectivity index (χ4v) is 3.01. The third-order valence-corrected chi connectivity index (χ3v) is 4.32. The molecular formula is C16H18ClN3OS. The second-order valence-corrected chi connectivity index (χ2v) is 6.46. The Balaban J connectivity index is 1.86. The van der Waals surface area contributed by atoms with Gasteiger partial charge in [-0.1, -0.05) is 29.4 Å². The molecule has 1 aromatic heterocycles. The molecule has 0 aliphatic rings. The molecule has 0 aliphatic carbocycles. The molecule has 1 N–H and O–H groups in total. The van der Waals surface area contributed by atoms with E-state index in [1.165, 1.54) is 11.8 Å². The molecule has 1 aromatic carbocycles. The van der Waals surface area contributed by atoms with Crippen LogP contribution in [0.4, 0.5) is 5.69 Å². The average molecular weight is 336 g/mol. The highest BCUT2D eigenvalue weighted by atomic mass is 35.5. The van der Waals surface area contributed by atoms with Crippen LogP contribution in [-0.2, 0) is 4.79 Å². The number of rotatable bonds is 5. The van der Waals surface area contributed by atoms with E-state index in [1.807, 2.05) is 39.0 Å². The lowest BCUT2D eigenvalue weighted by Crippen LogP contribution is -2.13. The minimum Gasteiger partial charge on any atom is -0.326 e.